The van der Waals surface area contributed by atoms with Crippen LogP contribution in [-0.4, -0.2) is 13.2 Å². The molecule has 92 valence electrons. The first-order valence-corrected chi connectivity index (χ1v) is 6.76. The maximum absolute atomic E-state index is 6.18. The fourth-order valence-electron chi connectivity index (χ4n) is 3.41. The molecule has 1 aliphatic heterocycles. The van der Waals surface area contributed by atoms with Crippen LogP contribution in [0.15, 0.2) is 24.3 Å². The van der Waals surface area contributed by atoms with E-state index in [-0.39, 0.29) is 5.60 Å². The summed E-state index contributed by atoms with van der Waals surface area (Å²) in [6, 6.07) is 8.81. The van der Waals surface area contributed by atoms with Gasteiger partial charge in [0.25, 0.3) is 0 Å². The lowest BCUT2D eigenvalue weighted by atomic mass is 9.72. The maximum atomic E-state index is 6.18. The van der Waals surface area contributed by atoms with Gasteiger partial charge in [0.1, 0.15) is 0 Å². The van der Waals surface area contributed by atoms with Crippen LogP contribution in [0.1, 0.15) is 36.8 Å². The number of benzene rings is 1. The van der Waals surface area contributed by atoms with Gasteiger partial charge < -0.3 is 10.5 Å². The van der Waals surface area contributed by atoms with E-state index in [9.17, 15) is 0 Å². The molecule has 2 N–H and O–H groups in total. The number of fused-ring (bicyclic) bond motifs is 2. The van der Waals surface area contributed by atoms with Crippen LogP contribution in [0.4, 0.5) is 0 Å². The average molecular weight is 231 g/mol. The van der Waals surface area contributed by atoms with Crippen LogP contribution >= 0.6 is 0 Å². The second-order valence-corrected chi connectivity index (χ2v) is 5.43. The van der Waals surface area contributed by atoms with Crippen LogP contribution in [0.5, 0.6) is 0 Å². The summed E-state index contributed by atoms with van der Waals surface area (Å²) in [7, 11) is 0. The van der Waals surface area contributed by atoms with Gasteiger partial charge in [-0.1, -0.05) is 24.3 Å². The van der Waals surface area contributed by atoms with Gasteiger partial charge >= 0.3 is 0 Å². The predicted octanol–water partition coefficient (Wildman–Crippen LogP) is 2.60. The third-order valence-electron chi connectivity index (χ3n) is 4.50. The van der Waals surface area contributed by atoms with Crippen molar-refractivity contribution in [2.45, 2.75) is 37.7 Å². The molecule has 17 heavy (non-hydrogen) atoms. The van der Waals surface area contributed by atoms with Crippen LogP contribution in [-0.2, 0) is 16.8 Å². The smallest absolute Gasteiger partial charge is 0.0934 e. The molecule has 0 saturated heterocycles. The molecule has 1 aromatic carbocycles. The lowest BCUT2D eigenvalue weighted by Crippen LogP contribution is -2.40. The van der Waals surface area contributed by atoms with Gasteiger partial charge in [-0.25, -0.2) is 0 Å². The van der Waals surface area contributed by atoms with E-state index in [1.807, 2.05) is 0 Å². The van der Waals surface area contributed by atoms with E-state index in [0.29, 0.717) is 5.92 Å². The van der Waals surface area contributed by atoms with E-state index in [2.05, 4.69) is 24.3 Å². The molecule has 0 amide bonds. The van der Waals surface area contributed by atoms with Crippen molar-refractivity contribution in [1.82, 2.24) is 0 Å². The van der Waals surface area contributed by atoms with Gasteiger partial charge in [0, 0.05) is 0 Å². The van der Waals surface area contributed by atoms with E-state index >= 15 is 0 Å². The lowest BCUT2D eigenvalue weighted by molar-refractivity contribution is -0.0918. The Bertz CT molecular complexity index is 394. The summed E-state index contributed by atoms with van der Waals surface area (Å²) in [5.74, 6) is 0.707. The Morgan fingerprint density at radius 3 is 2.76 bits per heavy atom. The first kappa shape index (κ1) is 11.2. The second kappa shape index (κ2) is 4.43. The molecular formula is C15H21NO. The standard InChI is InChI=1S/C15H21NO/c16-11-12-5-8-15(9-6-12)14-4-2-1-3-13(14)7-10-17-15/h1-4,12H,5-11,16H2. The van der Waals surface area contributed by atoms with E-state index in [1.165, 1.54) is 24.0 Å². The van der Waals surface area contributed by atoms with E-state index in [1.54, 1.807) is 0 Å². The molecule has 1 saturated carbocycles. The Morgan fingerprint density at radius 2 is 2.00 bits per heavy atom. The highest BCUT2D eigenvalue weighted by Gasteiger charge is 2.40. The summed E-state index contributed by atoms with van der Waals surface area (Å²) < 4.78 is 6.18. The van der Waals surface area contributed by atoms with Crippen molar-refractivity contribution in [3.8, 4) is 0 Å². The molecule has 2 heteroatoms. The Balaban J connectivity index is 1.89. The SMILES string of the molecule is NCC1CCC2(CC1)OCCc1ccccc12. The molecule has 1 aliphatic carbocycles. The van der Waals surface area contributed by atoms with Crippen LogP contribution in [0.3, 0.4) is 0 Å². The number of nitrogens with two attached hydrogens (primary N) is 1. The van der Waals surface area contributed by atoms with Crippen molar-refractivity contribution in [3.05, 3.63) is 35.4 Å². The van der Waals surface area contributed by atoms with Crippen LogP contribution < -0.4 is 5.73 Å². The average Bonchev–Trinajstić information content (AvgIpc) is 2.40. The Labute approximate surface area is 103 Å². The molecule has 1 aromatic rings. The van der Waals surface area contributed by atoms with Gasteiger partial charge in [0.15, 0.2) is 0 Å². The fourth-order valence-corrected chi connectivity index (χ4v) is 3.41. The highest BCUT2D eigenvalue weighted by molar-refractivity contribution is 5.34. The molecule has 0 unspecified atom stereocenters. The topological polar surface area (TPSA) is 35.2 Å². The first-order chi connectivity index (χ1) is 8.34. The van der Waals surface area contributed by atoms with Crippen molar-refractivity contribution in [2.24, 2.45) is 11.7 Å². The third-order valence-corrected chi connectivity index (χ3v) is 4.50. The van der Waals surface area contributed by atoms with Gasteiger partial charge in [-0.15, -0.1) is 0 Å². The van der Waals surface area contributed by atoms with Gasteiger partial charge in [0.2, 0.25) is 0 Å². The van der Waals surface area contributed by atoms with Crippen molar-refractivity contribution >= 4 is 0 Å². The minimum atomic E-state index is 0.0144. The highest BCUT2D eigenvalue weighted by Crippen LogP contribution is 2.45. The molecule has 1 heterocycles. The normalized spacial score (nSPS) is 32.4. The summed E-state index contributed by atoms with van der Waals surface area (Å²) in [4.78, 5) is 0. The molecule has 2 nitrogen and oxygen atoms in total. The zero-order valence-electron chi connectivity index (χ0n) is 10.3. The highest BCUT2D eigenvalue weighted by atomic mass is 16.5. The summed E-state index contributed by atoms with van der Waals surface area (Å²) in [6.07, 6.45) is 5.78. The van der Waals surface area contributed by atoms with Crippen molar-refractivity contribution in [1.29, 1.82) is 0 Å². The van der Waals surface area contributed by atoms with E-state index < -0.39 is 0 Å². The molecule has 3 rings (SSSR count). The van der Waals surface area contributed by atoms with Crippen molar-refractivity contribution in [3.63, 3.8) is 0 Å². The van der Waals surface area contributed by atoms with Crippen molar-refractivity contribution < 1.29 is 4.74 Å². The zero-order chi connectivity index (χ0) is 11.7. The first-order valence-electron chi connectivity index (χ1n) is 6.76. The maximum Gasteiger partial charge on any atom is 0.0934 e. The lowest BCUT2D eigenvalue weighted by Gasteiger charge is -2.43. The van der Waals surface area contributed by atoms with E-state index in [0.717, 1.165) is 32.4 Å². The van der Waals surface area contributed by atoms with Gasteiger partial charge in [-0.2, -0.15) is 0 Å². The summed E-state index contributed by atoms with van der Waals surface area (Å²) >= 11 is 0. The Kier molecular flexibility index (Phi) is 2.93. The third kappa shape index (κ3) is 1.90. The molecule has 0 bridgehead atoms. The molecule has 1 fully saturated rings. The Morgan fingerprint density at radius 1 is 1.24 bits per heavy atom. The van der Waals surface area contributed by atoms with Crippen LogP contribution in [0.25, 0.3) is 0 Å². The molecule has 1 spiro atoms. The number of hydrogen-bond acceptors (Lipinski definition) is 2. The predicted molar refractivity (Wildman–Crippen MR) is 68.8 cm³/mol. The van der Waals surface area contributed by atoms with Gasteiger partial charge in [0.05, 0.1) is 12.2 Å². The summed E-state index contributed by atoms with van der Waals surface area (Å²) in [5, 5.41) is 0. The quantitative estimate of drug-likeness (QED) is 0.806. The monoisotopic (exact) mass is 231 g/mol. The summed E-state index contributed by atoms with van der Waals surface area (Å²) in [5.41, 5.74) is 8.73. The molecular weight excluding hydrogens is 210 g/mol. The molecule has 0 atom stereocenters. The van der Waals surface area contributed by atoms with Gasteiger partial charge in [-0.05, 0) is 55.7 Å². The minimum Gasteiger partial charge on any atom is -0.370 e. The number of ether oxygens (including phenoxy) is 1. The number of rotatable bonds is 1. The Hall–Kier alpha value is -0.860. The van der Waals surface area contributed by atoms with Gasteiger partial charge in [-0.3, -0.25) is 0 Å². The molecule has 2 aliphatic rings. The zero-order valence-corrected chi connectivity index (χ0v) is 10.3. The largest absolute Gasteiger partial charge is 0.370 e. The fraction of sp³-hybridized carbons (Fsp3) is 0.600. The minimum absolute atomic E-state index is 0.0144. The molecule has 0 radical (unpaired) electrons. The summed E-state index contributed by atoms with van der Waals surface area (Å²) in [6.45, 7) is 1.71. The van der Waals surface area contributed by atoms with Crippen molar-refractivity contribution in [2.75, 3.05) is 13.2 Å². The second-order valence-electron chi connectivity index (χ2n) is 5.43. The van der Waals surface area contributed by atoms with Crippen LogP contribution in [0, 0.1) is 5.92 Å². The molecule has 0 aromatic heterocycles. The number of hydrogen-bond donors (Lipinski definition) is 1. The van der Waals surface area contributed by atoms with E-state index in [4.69, 9.17) is 10.5 Å². The van der Waals surface area contributed by atoms with Crippen LogP contribution in [0.2, 0.25) is 0 Å².